The predicted molar refractivity (Wildman–Crippen MR) is 86.8 cm³/mol. The van der Waals surface area contributed by atoms with Gasteiger partial charge in [0.1, 0.15) is 0 Å². The first kappa shape index (κ1) is 18.6. The highest BCUT2D eigenvalue weighted by atomic mass is 19.4. The van der Waals surface area contributed by atoms with Gasteiger partial charge in [-0.3, -0.25) is 4.79 Å². The zero-order valence-corrected chi connectivity index (χ0v) is 14.1. The molecule has 25 heavy (non-hydrogen) atoms. The molecule has 0 bridgehead atoms. The molecule has 0 N–H and O–H groups in total. The number of hydrogen-bond acceptors (Lipinski definition) is 3. The molecule has 134 valence electrons. The number of nitrogens with zero attached hydrogens (tertiary/aromatic N) is 1. The second-order valence-corrected chi connectivity index (χ2v) is 5.43. The number of methoxy groups -OCH3 is 2. The molecular formula is C18H18F3NO3. The van der Waals surface area contributed by atoms with Crippen LogP contribution >= 0.6 is 0 Å². The van der Waals surface area contributed by atoms with Gasteiger partial charge in [0, 0.05) is 19.2 Å². The van der Waals surface area contributed by atoms with E-state index in [1.54, 1.807) is 25.2 Å². The van der Waals surface area contributed by atoms with Gasteiger partial charge < -0.3 is 14.4 Å². The van der Waals surface area contributed by atoms with Crippen molar-refractivity contribution in [3.63, 3.8) is 0 Å². The maximum atomic E-state index is 12.6. The lowest BCUT2D eigenvalue weighted by atomic mass is 10.1. The van der Waals surface area contributed by atoms with E-state index >= 15 is 0 Å². The summed E-state index contributed by atoms with van der Waals surface area (Å²) in [6.07, 6.45) is -4.38. The van der Waals surface area contributed by atoms with Crippen molar-refractivity contribution in [1.29, 1.82) is 0 Å². The lowest BCUT2D eigenvalue weighted by molar-refractivity contribution is -0.137. The first-order chi connectivity index (χ1) is 11.8. The maximum absolute atomic E-state index is 12.6. The van der Waals surface area contributed by atoms with E-state index in [9.17, 15) is 18.0 Å². The van der Waals surface area contributed by atoms with Crippen LogP contribution in [-0.4, -0.2) is 32.1 Å². The Morgan fingerprint density at radius 3 is 2.12 bits per heavy atom. The minimum atomic E-state index is -4.38. The van der Waals surface area contributed by atoms with Crippen molar-refractivity contribution in [3.05, 3.63) is 59.2 Å². The van der Waals surface area contributed by atoms with E-state index in [1.165, 1.54) is 31.3 Å². The Labute approximate surface area is 143 Å². The first-order valence-electron chi connectivity index (χ1n) is 7.40. The molecule has 0 unspecified atom stereocenters. The van der Waals surface area contributed by atoms with Crippen molar-refractivity contribution in [2.45, 2.75) is 12.7 Å². The van der Waals surface area contributed by atoms with Gasteiger partial charge in [-0.2, -0.15) is 13.2 Å². The van der Waals surface area contributed by atoms with Crippen molar-refractivity contribution in [3.8, 4) is 11.5 Å². The van der Waals surface area contributed by atoms with E-state index in [4.69, 9.17) is 9.47 Å². The smallest absolute Gasteiger partial charge is 0.416 e. The van der Waals surface area contributed by atoms with Gasteiger partial charge in [-0.15, -0.1) is 0 Å². The molecule has 2 aromatic rings. The van der Waals surface area contributed by atoms with Gasteiger partial charge in [-0.1, -0.05) is 12.1 Å². The van der Waals surface area contributed by atoms with Crippen molar-refractivity contribution in [2.75, 3.05) is 21.3 Å². The molecular weight excluding hydrogens is 335 g/mol. The molecule has 0 aliphatic carbocycles. The van der Waals surface area contributed by atoms with Crippen molar-refractivity contribution < 1.29 is 27.4 Å². The van der Waals surface area contributed by atoms with E-state index in [2.05, 4.69) is 0 Å². The van der Waals surface area contributed by atoms with Crippen LogP contribution in [0.15, 0.2) is 42.5 Å². The van der Waals surface area contributed by atoms with Gasteiger partial charge >= 0.3 is 6.18 Å². The van der Waals surface area contributed by atoms with Gasteiger partial charge in [-0.05, 0) is 35.9 Å². The fraction of sp³-hybridized carbons (Fsp3) is 0.278. The van der Waals surface area contributed by atoms with Crippen LogP contribution in [0.5, 0.6) is 11.5 Å². The molecule has 0 fully saturated rings. The van der Waals surface area contributed by atoms with Crippen molar-refractivity contribution in [1.82, 2.24) is 4.90 Å². The number of amides is 1. The third-order valence-corrected chi connectivity index (χ3v) is 3.68. The van der Waals surface area contributed by atoms with Crippen LogP contribution in [0.3, 0.4) is 0 Å². The predicted octanol–water partition coefficient (Wildman–Crippen LogP) is 3.99. The molecule has 0 radical (unpaired) electrons. The third-order valence-electron chi connectivity index (χ3n) is 3.68. The number of carbonyl (C=O) groups is 1. The molecule has 0 spiro atoms. The summed E-state index contributed by atoms with van der Waals surface area (Å²) >= 11 is 0. The Bertz CT molecular complexity index is 742. The van der Waals surface area contributed by atoms with Gasteiger partial charge in [0.25, 0.3) is 5.91 Å². The molecule has 0 aliphatic rings. The number of benzene rings is 2. The highest BCUT2D eigenvalue weighted by Crippen LogP contribution is 2.30. The monoisotopic (exact) mass is 353 g/mol. The molecule has 4 nitrogen and oxygen atoms in total. The van der Waals surface area contributed by atoms with E-state index in [0.29, 0.717) is 22.6 Å². The molecule has 2 rings (SSSR count). The summed E-state index contributed by atoms with van der Waals surface area (Å²) in [6, 6.07) is 9.52. The van der Waals surface area contributed by atoms with Crippen LogP contribution < -0.4 is 9.47 Å². The number of halogens is 3. The van der Waals surface area contributed by atoms with E-state index < -0.39 is 11.7 Å². The number of alkyl halides is 3. The molecule has 0 aromatic heterocycles. The maximum Gasteiger partial charge on any atom is 0.416 e. The Morgan fingerprint density at radius 1 is 1.00 bits per heavy atom. The first-order valence-corrected chi connectivity index (χ1v) is 7.40. The zero-order chi connectivity index (χ0) is 18.6. The second kappa shape index (κ2) is 7.46. The van der Waals surface area contributed by atoms with E-state index in [1.807, 2.05) is 0 Å². The lowest BCUT2D eigenvalue weighted by Crippen LogP contribution is -2.26. The Balaban J connectivity index is 2.12. The summed E-state index contributed by atoms with van der Waals surface area (Å²) < 4.78 is 48.0. The molecule has 0 saturated carbocycles. The molecule has 0 atom stereocenters. The molecule has 0 saturated heterocycles. The molecule has 2 aromatic carbocycles. The van der Waals surface area contributed by atoms with Gasteiger partial charge in [0.15, 0.2) is 11.5 Å². The van der Waals surface area contributed by atoms with E-state index in [0.717, 1.165) is 12.1 Å². The van der Waals surface area contributed by atoms with Crippen LogP contribution in [-0.2, 0) is 12.7 Å². The van der Waals surface area contributed by atoms with Crippen LogP contribution in [0.25, 0.3) is 0 Å². The number of hydrogen-bond donors (Lipinski definition) is 0. The lowest BCUT2D eigenvalue weighted by Gasteiger charge is -2.18. The number of rotatable bonds is 5. The zero-order valence-electron chi connectivity index (χ0n) is 14.1. The summed E-state index contributed by atoms with van der Waals surface area (Å²) in [5, 5.41) is 0. The van der Waals surface area contributed by atoms with Crippen molar-refractivity contribution in [2.24, 2.45) is 0 Å². The van der Waals surface area contributed by atoms with Crippen LogP contribution in [0.2, 0.25) is 0 Å². The highest BCUT2D eigenvalue weighted by Gasteiger charge is 2.30. The molecule has 0 aliphatic heterocycles. The minimum Gasteiger partial charge on any atom is -0.493 e. The second-order valence-electron chi connectivity index (χ2n) is 5.43. The summed E-state index contributed by atoms with van der Waals surface area (Å²) in [6.45, 7) is 0.186. The summed E-state index contributed by atoms with van der Waals surface area (Å²) in [5.41, 5.74) is 0.279. The van der Waals surface area contributed by atoms with E-state index in [-0.39, 0.29) is 12.5 Å². The van der Waals surface area contributed by atoms with Crippen molar-refractivity contribution >= 4 is 5.91 Å². The standard InChI is InChI=1S/C18H18F3NO3/c1-22(11-12-4-7-14(8-5-12)18(19,20)21)17(23)13-6-9-15(24-2)16(10-13)25-3/h4-10H,11H2,1-3H3. The normalized spacial score (nSPS) is 11.1. The van der Waals surface area contributed by atoms with Gasteiger partial charge in [0.2, 0.25) is 0 Å². The largest absolute Gasteiger partial charge is 0.493 e. The van der Waals surface area contributed by atoms with Crippen LogP contribution in [0.1, 0.15) is 21.5 Å². The third kappa shape index (κ3) is 4.43. The fourth-order valence-electron chi connectivity index (χ4n) is 2.33. The number of carbonyl (C=O) groups excluding carboxylic acids is 1. The summed E-state index contributed by atoms with van der Waals surface area (Å²) in [7, 11) is 4.55. The average molecular weight is 353 g/mol. The van der Waals surface area contributed by atoms with Crippen LogP contribution in [0, 0.1) is 0 Å². The SMILES string of the molecule is COc1ccc(C(=O)N(C)Cc2ccc(C(F)(F)F)cc2)cc1OC. The van der Waals surface area contributed by atoms with Crippen LogP contribution in [0.4, 0.5) is 13.2 Å². The Morgan fingerprint density at radius 2 is 1.60 bits per heavy atom. The molecule has 1 amide bonds. The fourth-order valence-corrected chi connectivity index (χ4v) is 2.33. The number of ether oxygens (including phenoxy) is 2. The van der Waals surface area contributed by atoms with Gasteiger partial charge in [0.05, 0.1) is 19.8 Å². The summed E-state index contributed by atoms with van der Waals surface area (Å²) in [4.78, 5) is 13.9. The van der Waals surface area contributed by atoms with Gasteiger partial charge in [-0.25, -0.2) is 0 Å². The summed E-state index contributed by atoms with van der Waals surface area (Å²) in [5.74, 6) is 0.654. The Hall–Kier alpha value is -2.70. The highest BCUT2D eigenvalue weighted by molar-refractivity contribution is 5.94. The molecule has 0 heterocycles. The molecule has 7 heteroatoms. The quantitative estimate of drug-likeness (QED) is 0.816. The average Bonchev–Trinajstić information content (AvgIpc) is 2.60. The minimum absolute atomic E-state index is 0.186. The topological polar surface area (TPSA) is 38.8 Å². The Kier molecular flexibility index (Phi) is 5.56.